The zero-order chi connectivity index (χ0) is 7.99. The normalized spacial score (nSPS) is 28.2. The van der Waals surface area contributed by atoms with Crippen molar-refractivity contribution >= 4 is 5.97 Å². The lowest BCUT2D eigenvalue weighted by molar-refractivity contribution is -0.289. The smallest absolute Gasteiger partial charge is 0.297 e. The molecule has 0 bridgehead atoms. The molecule has 0 amide bonds. The van der Waals surface area contributed by atoms with Gasteiger partial charge in [0.1, 0.15) is 5.60 Å². The van der Waals surface area contributed by atoms with E-state index in [9.17, 15) is 4.79 Å². The summed E-state index contributed by atoms with van der Waals surface area (Å²) < 4.78 is 0. The number of carbonyl (C=O) groups is 1. The van der Waals surface area contributed by atoms with Gasteiger partial charge in [-0.2, -0.15) is 4.89 Å². The summed E-state index contributed by atoms with van der Waals surface area (Å²) in [6.45, 7) is 7.28. The summed E-state index contributed by atoms with van der Waals surface area (Å²) in [5, 5.41) is 0. The summed E-state index contributed by atoms with van der Waals surface area (Å²) in [6.07, 6.45) is 0. The Balaban J connectivity index is 2.95. The van der Waals surface area contributed by atoms with E-state index >= 15 is 0 Å². The fraction of sp³-hybridized carbons (Fsp3) is 0.857. The van der Waals surface area contributed by atoms with Gasteiger partial charge in [0.25, 0.3) is 0 Å². The standard InChI is InChI=1S/C7H12O3/c1-6(2)5(8)9-10-7(6,3)4/h1-4H3. The predicted molar refractivity (Wildman–Crippen MR) is 35.0 cm³/mol. The zero-order valence-electron chi connectivity index (χ0n) is 6.72. The highest BCUT2D eigenvalue weighted by molar-refractivity contribution is 5.78. The number of rotatable bonds is 0. The van der Waals surface area contributed by atoms with E-state index in [0.29, 0.717) is 0 Å². The third kappa shape index (κ3) is 0.736. The van der Waals surface area contributed by atoms with Crippen molar-refractivity contribution in [3.8, 4) is 0 Å². The first-order valence-electron chi connectivity index (χ1n) is 3.28. The highest BCUT2D eigenvalue weighted by atomic mass is 17.2. The molecule has 0 aromatic rings. The number of carbonyl (C=O) groups excluding carboxylic acids is 1. The molecule has 0 aromatic carbocycles. The van der Waals surface area contributed by atoms with Crippen LogP contribution in [0.25, 0.3) is 0 Å². The largest absolute Gasteiger partial charge is 0.350 e. The highest BCUT2D eigenvalue weighted by Gasteiger charge is 2.53. The van der Waals surface area contributed by atoms with Crippen LogP contribution in [0.3, 0.4) is 0 Å². The summed E-state index contributed by atoms with van der Waals surface area (Å²) in [7, 11) is 0. The van der Waals surface area contributed by atoms with Crippen molar-refractivity contribution in [2.24, 2.45) is 5.41 Å². The van der Waals surface area contributed by atoms with Crippen LogP contribution in [-0.4, -0.2) is 11.6 Å². The molecule has 0 aliphatic carbocycles. The molecular formula is C7H12O3. The molecule has 1 heterocycles. The van der Waals surface area contributed by atoms with Crippen LogP contribution in [0.4, 0.5) is 0 Å². The van der Waals surface area contributed by atoms with E-state index in [-0.39, 0.29) is 5.97 Å². The van der Waals surface area contributed by atoms with Crippen molar-refractivity contribution in [1.29, 1.82) is 0 Å². The Kier molecular flexibility index (Phi) is 1.30. The average molecular weight is 144 g/mol. The molecule has 1 saturated heterocycles. The minimum Gasteiger partial charge on any atom is -0.297 e. The summed E-state index contributed by atoms with van der Waals surface area (Å²) >= 11 is 0. The van der Waals surface area contributed by atoms with Gasteiger partial charge < -0.3 is 0 Å². The van der Waals surface area contributed by atoms with Gasteiger partial charge in [-0.15, -0.1) is 0 Å². The Bertz CT molecular complexity index is 170. The predicted octanol–water partition coefficient (Wildman–Crippen LogP) is 1.28. The lowest BCUT2D eigenvalue weighted by Gasteiger charge is -2.25. The summed E-state index contributed by atoms with van der Waals surface area (Å²) in [4.78, 5) is 20.2. The summed E-state index contributed by atoms with van der Waals surface area (Å²) in [5.41, 5.74) is -1.04. The second-order valence-electron chi connectivity index (χ2n) is 3.59. The van der Waals surface area contributed by atoms with Crippen LogP contribution in [0, 0.1) is 5.41 Å². The van der Waals surface area contributed by atoms with Crippen molar-refractivity contribution in [2.45, 2.75) is 33.3 Å². The van der Waals surface area contributed by atoms with E-state index < -0.39 is 11.0 Å². The first kappa shape index (κ1) is 7.54. The molecular weight excluding hydrogens is 132 g/mol. The molecule has 3 heteroatoms. The fourth-order valence-corrected chi connectivity index (χ4v) is 0.596. The Morgan fingerprint density at radius 3 is 1.80 bits per heavy atom. The summed E-state index contributed by atoms with van der Waals surface area (Å²) in [6, 6.07) is 0. The first-order chi connectivity index (χ1) is 4.38. The van der Waals surface area contributed by atoms with Gasteiger partial charge in [0.15, 0.2) is 0 Å². The average Bonchev–Trinajstić information content (AvgIpc) is 1.94. The lowest BCUT2D eigenvalue weighted by atomic mass is 9.78. The Morgan fingerprint density at radius 2 is 1.70 bits per heavy atom. The molecule has 1 aliphatic rings. The molecule has 0 saturated carbocycles. The van der Waals surface area contributed by atoms with E-state index in [1.165, 1.54) is 0 Å². The maximum absolute atomic E-state index is 11.0. The van der Waals surface area contributed by atoms with Crippen LogP contribution in [-0.2, 0) is 14.6 Å². The van der Waals surface area contributed by atoms with Gasteiger partial charge in [-0.1, -0.05) is 0 Å². The number of hydrogen-bond donors (Lipinski definition) is 0. The molecule has 0 radical (unpaired) electrons. The Morgan fingerprint density at radius 1 is 1.20 bits per heavy atom. The zero-order valence-corrected chi connectivity index (χ0v) is 6.72. The molecule has 3 nitrogen and oxygen atoms in total. The van der Waals surface area contributed by atoms with Crippen molar-refractivity contribution in [1.82, 2.24) is 0 Å². The van der Waals surface area contributed by atoms with E-state index in [4.69, 9.17) is 4.89 Å². The molecule has 1 rings (SSSR count). The second kappa shape index (κ2) is 1.72. The molecule has 58 valence electrons. The molecule has 1 aliphatic heterocycles. The molecule has 1 fully saturated rings. The van der Waals surface area contributed by atoms with Gasteiger partial charge in [0.2, 0.25) is 0 Å². The third-order valence-electron chi connectivity index (χ3n) is 2.34. The maximum Gasteiger partial charge on any atom is 0.350 e. The van der Waals surface area contributed by atoms with Gasteiger partial charge in [-0.25, -0.2) is 4.79 Å². The quantitative estimate of drug-likeness (QED) is 0.480. The third-order valence-corrected chi connectivity index (χ3v) is 2.34. The van der Waals surface area contributed by atoms with Crippen LogP contribution in [0.5, 0.6) is 0 Å². The van der Waals surface area contributed by atoms with Crippen LogP contribution < -0.4 is 0 Å². The van der Waals surface area contributed by atoms with Crippen molar-refractivity contribution in [3.05, 3.63) is 0 Å². The van der Waals surface area contributed by atoms with Crippen LogP contribution in [0.2, 0.25) is 0 Å². The van der Waals surface area contributed by atoms with Gasteiger partial charge in [-0.3, -0.25) is 4.89 Å². The molecule has 10 heavy (non-hydrogen) atoms. The second-order valence-corrected chi connectivity index (χ2v) is 3.59. The molecule has 0 atom stereocenters. The van der Waals surface area contributed by atoms with Gasteiger partial charge >= 0.3 is 5.97 Å². The molecule has 0 aromatic heterocycles. The molecule has 0 N–H and O–H groups in total. The first-order valence-corrected chi connectivity index (χ1v) is 3.28. The lowest BCUT2D eigenvalue weighted by Crippen LogP contribution is -2.38. The van der Waals surface area contributed by atoms with Gasteiger partial charge in [0, 0.05) is 0 Å². The molecule has 0 unspecified atom stereocenters. The highest BCUT2D eigenvalue weighted by Crippen LogP contribution is 2.40. The summed E-state index contributed by atoms with van der Waals surface area (Å²) in [5.74, 6) is -0.294. The van der Waals surface area contributed by atoms with Gasteiger partial charge in [0.05, 0.1) is 5.41 Å². The van der Waals surface area contributed by atoms with Crippen LogP contribution >= 0.6 is 0 Å². The van der Waals surface area contributed by atoms with E-state index in [0.717, 1.165) is 0 Å². The topological polar surface area (TPSA) is 35.5 Å². The van der Waals surface area contributed by atoms with Crippen molar-refractivity contribution in [3.63, 3.8) is 0 Å². The minimum atomic E-state index is -0.535. The van der Waals surface area contributed by atoms with Gasteiger partial charge in [-0.05, 0) is 27.7 Å². The fourth-order valence-electron chi connectivity index (χ4n) is 0.596. The Hall–Kier alpha value is -0.570. The van der Waals surface area contributed by atoms with Crippen LogP contribution in [0.15, 0.2) is 0 Å². The monoisotopic (exact) mass is 144 g/mol. The Labute approximate surface area is 60.2 Å². The van der Waals surface area contributed by atoms with E-state index in [1.54, 1.807) is 0 Å². The SMILES string of the molecule is CC1(C)OOC(=O)C1(C)C. The van der Waals surface area contributed by atoms with E-state index in [1.807, 2.05) is 27.7 Å². The van der Waals surface area contributed by atoms with E-state index in [2.05, 4.69) is 4.89 Å². The van der Waals surface area contributed by atoms with Crippen molar-refractivity contribution < 1.29 is 14.6 Å². The van der Waals surface area contributed by atoms with Crippen LogP contribution in [0.1, 0.15) is 27.7 Å². The molecule has 0 spiro atoms. The number of hydrogen-bond acceptors (Lipinski definition) is 3. The minimum absolute atomic E-state index is 0.294. The maximum atomic E-state index is 11.0. The van der Waals surface area contributed by atoms with Crippen molar-refractivity contribution in [2.75, 3.05) is 0 Å².